The fraction of sp³-hybridized carbons (Fsp3) is 0.0833. The van der Waals surface area contributed by atoms with E-state index in [1.165, 1.54) is 0 Å². The molecule has 0 atom stereocenters. The number of para-hydroxylation sites is 1. The van der Waals surface area contributed by atoms with Crippen LogP contribution >= 0.6 is 0 Å². The summed E-state index contributed by atoms with van der Waals surface area (Å²) >= 11 is 0. The summed E-state index contributed by atoms with van der Waals surface area (Å²) in [5.41, 5.74) is 5.48. The minimum Gasteiger partial charge on any atom is -0.353 e. The van der Waals surface area contributed by atoms with Gasteiger partial charge in [0.25, 0.3) is 5.91 Å². The Morgan fingerprint density at radius 3 is 2.30 bits per heavy atom. The van der Waals surface area contributed by atoms with E-state index in [4.69, 9.17) is 4.98 Å². The number of H-pyrrole nitrogens is 1. The Hall–Kier alpha value is -4.06. The number of carbonyl (C=O) groups excluding carboxylic acids is 1. The third-order valence-electron chi connectivity index (χ3n) is 4.98. The summed E-state index contributed by atoms with van der Waals surface area (Å²) in [4.78, 5) is 29.8. The van der Waals surface area contributed by atoms with Gasteiger partial charge in [-0.2, -0.15) is 0 Å². The molecule has 5 rings (SSSR count). The van der Waals surface area contributed by atoms with Crippen LogP contribution in [0.2, 0.25) is 0 Å². The zero-order valence-corrected chi connectivity index (χ0v) is 16.6. The van der Waals surface area contributed by atoms with Crippen molar-refractivity contribution in [2.75, 3.05) is 5.32 Å². The molecule has 0 spiro atoms. The fourth-order valence-electron chi connectivity index (χ4n) is 3.71. The van der Waals surface area contributed by atoms with Crippen molar-refractivity contribution >= 4 is 33.7 Å². The van der Waals surface area contributed by atoms with Crippen LogP contribution < -0.4 is 5.32 Å². The Bertz CT molecular complexity index is 1390. The van der Waals surface area contributed by atoms with Crippen molar-refractivity contribution in [1.82, 2.24) is 19.9 Å². The van der Waals surface area contributed by atoms with Gasteiger partial charge in [-0.25, -0.2) is 15.0 Å². The number of hydrogen-bond acceptors (Lipinski definition) is 4. The third kappa shape index (κ3) is 3.18. The fourth-order valence-corrected chi connectivity index (χ4v) is 3.71. The van der Waals surface area contributed by atoms with Crippen molar-refractivity contribution in [3.63, 3.8) is 0 Å². The molecule has 2 aromatic carbocycles. The number of rotatable bonds is 3. The third-order valence-corrected chi connectivity index (χ3v) is 4.98. The number of aromatic amines is 1. The maximum atomic E-state index is 13.1. The quantitative estimate of drug-likeness (QED) is 0.450. The molecule has 6 nitrogen and oxygen atoms in total. The van der Waals surface area contributed by atoms with Crippen molar-refractivity contribution < 1.29 is 4.79 Å². The average molecular weight is 393 g/mol. The highest BCUT2D eigenvalue weighted by molar-refractivity contribution is 6.14. The van der Waals surface area contributed by atoms with Crippen molar-refractivity contribution in [1.29, 1.82) is 0 Å². The minimum absolute atomic E-state index is 0.277. The highest BCUT2D eigenvalue weighted by Gasteiger charge is 2.17. The van der Waals surface area contributed by atoms with Gasteiger partial charge >= 0.3 is 0 Å². The van der Waals surface area contributed by atoms with Gasteiger partial charge in [-0.15, -0.1) is 0 Å². The molecule has 0 aliphatic carbocycles. The molecule has 1 amide bonds. The normalized spacial score (nSPS) is 11.1. The van der Waals surface area contributed by atoms with Gasteiger partial charge in [-0.3, -0.25) is 10.1 Å². The molecule has 0 saturated carbocycles. The zero-order valence-electron chi connectivity index (χ0n) is 16.6. The second kappa shape index (κ2) is 7.08. The molecule has 0 unspecified atom stereocenters. The molecule has 0 aliphatic heterocycles. The summed E-state index contributed by atoms with van der Waals surface area (Å²) in [7, 11) is 0. The van der Waals surface area contributed by atoms with Crippen molar-refractivity contribution in [3.05, 3.63) is 83.8 Å². The summed E-state index contributed by atoms with van der Waals surface area (Å²) in [5.74, 6) is -0.0658. The topological polar surface area (TPSA) is 83.6 Å². The smallest absolute Gasteiger partial charge is 0.276 e. The van der Waals surface area contributed by atoms with Crippen LogP contribution in [0.15, 0.2) is 66.7 Å². The maximum Gasteiger partial charge on any atom is 0.276 e. The Kier molecular flexibility index (Phi) is 4.25. The molecule has 5 aromatic rings. The Labute approximate surface area is 173 Å². The monoisotopic (exact) mass is 393 g/mol. The molecule has 3 heterocycles. The van der Waals surface area contributed by atoms with Gasteiger partial charge in [0.1, 0.15) is 5.69 Å². The molecular formula is C24H19N5O. The number of fused-ring (bicyclic) bond motifs is 3. The molecular weight excluding hydrogens is 374 g/mol. The molecule has 0 fully saturated rings. The van der Waals surface area contributed by atoms with Crippen LogP contribution in [0.4, 0.5) is 5.95 Å². The molecule has 0 radical (unpaired) electrons. The summed E-state index contributed by atoms with van der Waals surface area (Å²) in [5, 5.41) is 4.78. The van der Waals surface area contributed by atoms with Crippen LogP contribution in [0.1, 0.15) is 21.9 Å². The predicted octanol–water partition coefficient (Wildman–Crippen LogP) is 5.04. The van der Waals surface area contributed by atoms with Crippen molar-refractivity contribution in [2.45, 2.75) is 13.8 Å². The predicted molar refractivity (Wildman–Crippen MR) is 118 cm³/mol. The van der Waals surface area contributed by atoms with Crippen LogP contribution in [0.25, 0.3) is 33.1 Å². The molecule has 0 bridgehead atoms. The number of pyridine rings is 1. The standard InChI is InChI=1S/C24H19N5O/c1-14-12-15(2)26-24(25-14)29-23(30)20-13-18-17-10-6-7-11-19(17)27-22(18)21(28-20)16-8-4-3-5-9-16/h3-13,27H,1-2H3,(H,25,26,29,30). The van der Waals surface area contributed by atoms with E-state index in [-0.39, 0.29) is 11.9 Å². The average Bonchev–Trinajstić information content (AvgIpc) is 3.11. The highest BCUT2D eigenvalue weighted by atomic mass is 16.2. The van der Waals surface area contributed by atoms with Gasteiger partial charge in [-0.1, -0.05) is 48.5 Å². The van der Waals surface area contributed by atoms with E-state index < -0.39 is 0 Å². The van der Waals surface area contributed by atoms with E-state index in [1.807, 2.05) is 80.6 Å². The van der Waals surface area contributed by atoms with Gasteiger partial charge in [-0.05, 0) is 32.0 Å². The minimum atomic E-state index is -0.343. The molecule has 0 aliphatic rings. The zero-order chi connectivity index (χ0) is 20.7. The first-order chi connectivity index (χ1) is 14.6. The first kappa shape index (κ1) is 18.0. The number of nitrogens with one attached hydrogen (secondary N) is 2. The number of aryl methyl sites for hydroxylation is 2. The number of carbonyl (C=O) groups is 1. The Morgan fingerprint density at radius 2 is 1.53 bits per heavy atom. The van der Waals surface area contributed by atoms with Gasteiger partial charge in [0.2, 0.25) is 5.95 Å². The number of aromatic nitrogens is 4. The van der Waals surface area contributed by atoms with E-state index in [9.17, 15) is 4.79 Å². The number of nitrogens with zero attached hydrogens (tertiary/aromatic N) is 3. The molecule has 6 heteroatoms. The second-order valence-corrected chi connectivity index (χ2v) is 7.24. The molecule has 0 saturated heterocycles. The number of benzene rings is 2. The van der Waals surface area contributed by atoms with E-state index in [0.29, 0.717) is 5.69 Å². The lowest BCUT2D eigenvalue weighted by Crippen LogP contribution is -2.16. The SMILES string of the molecule is Cc1cc(C)nc(NC(=O)c2cc3c([nH]c4ccccc43)c(-c3ccccc3)n2)n1. The van der Waals surface area contributed by atoms with Crippen molar-refractivity contribution in [3.8, 4) is 11.3 Å². The van der Waals surface area contributed by atoms with Gasteiger partial charge < -0.3 is 4.98 Å². The highest BCUT2D eigenvalue weighted by Crippen LogP contribution is 2.32. The number of anilines is 1. The summed E-state index contributed by atoms with van der Waals surface area (Å²) in [6.07, 6.45) is 0. The van der Waals surface area contributed by atoms with Crippen LogP contribution in [0.5, 0.6) is 0 Å². The van der Waals surface area contributed by atoms with E-state index in [1.54, 1.807) is 0 Å². The van der Waals surface area contributed by atoms with E-state index in [2.05, 4.69) is 20.3 Å². The van der Waals surface area contributed by atoms with E-state index >= 15 is 0 Å². The number of amides is 1. The van der Waals surface area contributed by atoms with Gasteiger partial charge in [0.15, 0.2) is 0 Å². The molecule has 146 valence electrons. The lowest BCUT2D eigenvalue weighted by Gasteiger charge is -2.08. The van der Waals surface area contributed by atoms with Gasteiger partial charge in [0.05, 0.1) is 11.2 Å². The van der Waals surface area contributed by atoms with Crippen LogP contribution in [-0.2, 0) is 0 Å². The summed E-state index contributed by atoms with van der Waals surface area (Å²) in [6.45, 7) is 3.74. The largest absolute Gasteiger partial charge is 0.353 e. The summed E-state index contributed by atoms with van der Waals surface area (Å²) < 4.78 is 0. The van der Waals surface area contributed by atoms with Gasteiger partial charge in [0, 0.05) is 33.2 Å². The lowest BCUT2D eigenvalue weighted by molar-refractivity contribution is 0.102. The van der Waals surface area contributed by atoms with Crippen molar-refractivity contribution in [2.24, 2.45) is 0 Å². The Morgan fingerprint density at radius 1 is 0.833 bits per heavy atom. The molecule has 3 aromatic heterocycles. The number of hydrogen-bond donors (Lipinski definition) is 2. The molecule has 30 heavy (non-hydrogen) atoms. The maximum absolute atomic E-state index is 13.1. The Balaban J connectivity index is 1.68. The first-order valence-electron chi connectivity index (χ1n) is 9.69. The van der Waals surface area contributed by atoms with Crippen LogP contribution in [-0.4, -0.2) is 25.8 Å². The lowest BCUT2D eigenvalue weighted by atomic mass is 10.1. The summed E-state index contributed by atoms with van der Waals surface area (Å²) in [6, 6.07) is 21.6. The van der Waals surface area contributed by atoms with E-state index in [0.717, 1.165) is 44.5 Å². The van der Waals surface area contributed by atoms with Crippen LogP contribution in [0.3, 0.4) is 0 Å². The first-order valence-corrected chi connectivity index (χ1v) is 9.69. The van der Waals surface area contributed by atoms with Crippen LogP contribution in [0, 0.1) is 13.8 Å². The second-order valence-electron chi connectivity index (χ2n) is 7.24. The molecule has 2 N–H and O–H groups in total.